The average Bonchev–Trinajstić information content (AvgIpc) is 3.11. The summed E-state index contributed by atoms with van der Waals surface area (Å²) in [6.45, 7) is 0. The number of aryl methyl sites for hydroxylation is 1. The third-order valence-electron chi connectivity index (χ3n) is 3.01. The van der Waals surface area contributed by atoms with Crippen molar-refractivity contribution in [2.45, 2.75) is 0 Å². The molecule has 22 heavy (non-hydrogen) atoms. The SMILES string of the molecule is Cn1ccc(NC(=O)c2cc(-c3cc(F)ccc3O)n[nH]2)n1. The summed E-state index contributed by atoms with van der Waals surface area (Å²) in [5.41, 5.74) is 0.639. The highest BCUT2D eigenvalue weighted by atomic mass is 19.1. The number of anilines is 1. The normalized spacial score (nSPS) is 10.6. The zero-order chi connectivity index (χ0) is 15.7. The van der Waals surface area contributed by atoms with E-state index >= 15 is 0 Å². The van der Waals surface area contributed by atoms with Crippen LogP contribution in [-0.4, -0.2) is 31.0 Å². The summed E-state index contributed by atoms with van der Waals surface area (Å²) in [6, 6.07) is 6.58. The van der Waals surface area contributed by atoms with Gasteiger partial charge in [0.2, 0.25) is 0 Å². The number of rotatable bonds is 3. The molecule has 0 aliphatic rings. The fourth-order valence-electron chi connectivity index (χ4n) is 1.95. The predicted molar refractivity (Wildman–Crippen MR) is 76.8 cm³/mol. The number of nitrogens with one attached hydrogen (secondary N) is 2. The van der Waals surface area contributed by atoms with Crippen LogP contribution in [0, 0.1) is 5.82 Å². The number of aromatic nitrogens is 4. The zero-order valence-corrected chi connectivity index (χ0v) is 11.5. The molecule has 0 fully saturated rings. The Morgan fingerprint density at radius 1 is 1.36 bits per heavy atom. The molecule has 0 aliphatic heterocycles. The molecule has 8 heteroatoms. The predicted octanol–water partition coefficient (Wildman–Crippen LogP) is 1.91. The van der Waals surface area contributed by atoms with Crippen LogP contribution in [0.1, 0.15) is 10.5 Å². The summed E-state index contributed by atoms with van der Waals surface area (Å²) in [7, 11) is 1.73. The lowest BCUT2D eigenvalue weighted by atomic mass is 10.1. The molecule has 112 valence electrons. The Labute approximate surface area is 124 Å². The van der Waals surface area contributed by atoms with Gasteiger partial charge in [0.05, 0.1) is 5.69 Å². The summed E-state index contributed by atoms with van der Waals surface area (Å²) >= 11 is 0. The van der Waals surface area contributed by atoms with E-state index in [1.165, 1.54) is 12.1 Å². The van der Waals surface area contributed by atoms with Gasteiger partial charge in [0.1, 0.15) is 17.3 Å². The van der Waals surface area contributed by atoms with Gasteiger partial charge in [0.15, 0.2) is 5.82 Å². The quantitative estimate of drug-likeness (QED) is 0.688. The summed E-state index contributed by atoms with van der Waals surface area (Å²) in [5, 5.41) is 22.8. The van der Waals surface area contributed by atoms with E-state index in [0.29, 0.717) is 5.82 Å². The molecule has 0 aliphatic carbocycles. The maximum absolute atomic E-state index is 13.2. The van der Waals surface area contributed by atoms with Gasteiger partial charge in [0, 0.05) is 24.9 Å². The molecule has 3 rings (SSSR count). The largest absolute Gasteiger partial charge is 0.507 e. The molecule has 1 aromatic carbocycles. The number of phenolic OH excluding ortho intramolecular Hbond substituents is 1. The summed E-state index contributed by atoms with van der Waals surface area (Å²) in [4.78, 5) is 12.1. The van der Waals surface area contributed by atoms with Crippen molar-refractivity contribution < 1.29 is 14.3 Å². The van der Waals surface area contributed by atoms with Crippen LogP contribution in [0.5, 0.6) is 5.75 Å². The third-order valence-corrected chi connectivity index (χ3v) is 3.01. The van der Waals surface area contributed by atoms with Gasteiger partial charge >= 0.3 is 0 Å². The van der Waals surface area contributed by atoms with Gasteiger partial charge in [0.25, 0.3) is 5.91 Å². The number of carbonyl (C=O) groups is 1. The smallest absolute Gasteiger partial charge is 0.274 e. The number of phenols is 1. The second-order valence-electron chi connectivity index (χ2n) is 4.66. The van der Waals surface area contributed by atoms with Crippen molar-refractivity contribution in [3.63, 3.8) is 0 Å². The van der Waals surface area contributed by atoms with E-state index in [9.17, 15) is 14.3 Å². The molecule has 0 saturated heterocycles. The van der Waals surface area contributed by atoms with Crippen LogP contribution in [0.25, 0.3) is 11.3 Å². The Hall–Kier alpha value is -3.16. The monoisotopic (exact) mass is 301 g/mol. The van der Waals surface area contributed by atoms with E-state index < -0.39 is 11.7 Å². The molecular formula is C14H12FN5O2. The molecule has 0 radical (unpaired) electrons. The van der Waals surface area contributed by atoms with Crippen LogP contribution in [0.15, 0.2) is 36.5 Å². The lowest BCUT2D eigenvalue weighted by Crippen LogP contribution is -2.12. The number of halogens is 1. The first-order valence-electron chi connectivity index (χ1n) is 6.38. The minimum absolute atomic E-state index is 0.121. The fraction of sp³-hybridized carbons (Fsp3) is 0.0714. The first-order valence-corrected chi connectivity index (χ1v) is 6.38. The molecule has 2 heterocycles. The van der Waals surface area contributed by atoms with Gasteiger partial charge in [-0.25, -0.2) is 4.39 Å². The van der Waals surface area contributed by atoms with Crippen LogP contribution in [-0.2, 0) is 7.05 Å². The van der Waals surface area contributed by atoms with Crippen LogP contribution in [0.2, 0.25) is 0 Å². The number of hydrogen-bond acceptors (Lipinski definition) is 4. The molecule has 3 aromatic rings. The topological polar surface area (TPSA) is 95.8 Å². The molecule has 0 unspecified atom stereocenters. The molecule has 3 N–H and O–H groups in total. The molecule has 0 atom stereocenters. The second-order valence-corrected chi connectivity index (χ2v) is 4.66. The highest BCUT2D eigenvalue weighted by Crippen LogP contribution is 2.28. The van der Waals surface area contributed by atoms with Gasteiger partial charge in [-0.1, -0.05) is 0 Å². The van der Waals surface area contributed by atoms with E-state index in [4.69, 9.17) is 0 Å². The Balaban J connectivity index is 1.84. The van der Waals surface area contributed by atoms with Crippen LogP contribution < -0.4 is 5.32 Å². The summed E-state index contributed by atoms with van der Waals surface area (Å²) in [6.07, 6.45) is 1.69. The highest BCUT2D eigenvalue weighted by Gasteiger charge is 2.14. The Kier molecular flexibility index (Phi) is 3.34. The van der Waals surface area contributed by atoms with Crippen molar-refractivity contribution >= 4 is 11.7 Å². The van der Waals surface area contributed by atoms with Gasteiger partial charge in [-0.3, -0.25) is 14.6 Å². The number of amides is 1. The number of benzene rings is 1. The second kappa shape index (κ2) is 5.32. The van der Waals surface area contributed by atoms with Crippen molar-refractivity contribution in [2.75, 3.05) is 5.32 Å². The average molecular weight is 301 g/mol. The maximum Gasteiger partial charge on any atom is 0.274 e. The molecular weight excluding hydrogens is 289 g/mol. The fourth-order valence-corrected chi connectivity index (χ4v) is 1.95. The van der Waals surface area contributed by atoms with Crippen LogP contribution >= 0.6 is 0 Å². The van der Waals surface area contributed by atoms with Crippen molar-refractivity contribution in [2.24, 2.45) is 7.05 Å². The highest BCUT2D eigenvalue weighted by molar-refractivity contribution is 6.02. The molecule has 0 saturated carbocycles. The molecule has 7 nitrogen and oxygen atoms in total. The molecule has 1 amide bonds. The number of aromatic amines is 1. The van der Waals surface area contributed by atoms with Gasteiger partial charge in [-0.2, -0.15) is 10.2 Å². The minimum atomic E-state index is -0.504. The van der Waals surface area contributed by atoms with E-state index in [1.807, 2.05) is 0 Å². The number of aromatic hydroxyl groups is 1. The van der Waals surface area contributed by atoms with Crippen molar-refractivity contribution in [1.29, 1.82) is 0 Å². The number of carbonyl (C=O) groups excluding carboxylic acids is 1. The molecule has 2 aromatic heterocycles. The Morgan fingerprint density at radius 3 is 2.91 bits per heavy atom. The van der Waals surface area contributed by atoms with Crippen LogP contribution in [0.4, 0.5) is 10.2 Å². The van der Waals surface area contributed by atoms with Crippen molar-refractivity contribution in [3.8, 4) is 17.0 Å². The first kappa shape index (κ1) is 13.8. The Bertz CT molecular complexity index is 839. The summed E-state index contributed by atoms with van der Waals surface area (Å²) < 4.78 is 14.8. The number of H-pyrrole nitrogens is 1. The number of hydrogen-bond donors (Lipinski definition) is 3. The number of nitrogens with zero attached hydrogens (tertiary/aromatic N) is 3. The first-order chi connectivity index (χ1) is 10.5. The van der Waals surface area contributed by atoms with E-state index in [1.54, 1.807) is 24.0 Å². The standard InChI is InChI=1S/C14H12FN5O2/c1-20-5-4-13(19-20)16-14(22)11-7-10(17-18-11)9-6-8(15)2-3-12(9)21/h2-7,21H,1H3,(H,17,18)(H,16,19,22). The van der Waals surface area contributed by atoms with E-state index in [2.05, 4.69) is 20.6 Å². The van der Waals surface area contributed by atoms with Gasteiger partial charge < -0.3 is 10.4 Å². The third kappa shape index (κ3) is 2.66. The van der Waals surface area contributed by atoms with E-state index in [-0.39, 0.29) is 22.7 Å². The lowest BCUT2D eigenvalue weighted by molar-refractivity contribution is 0.102. The van der Waals surface area contributed by atoms with Crippen molar-refractivity contribution in [3.05, 3.63) is 48.0 Å². The maximum atomic E-state index is 13.2. The summed E-state index contributed by atoms with van der Waals surface area (Å²) in [5.74, 6) is -0.662. The van der Waals surface area contributed by atoms with Crippen LogP contribution in [0.3, 0.4) is 0 Å². The molecule has 0 bridgehead atoms. The minimum Gasteiger partial charge on any atom is -0.507 e. The van der Waals surface area contributed by atoms with Crippen molar-refractivity contribution in [1.82, 2.24) is 20.0 Å². The van der Waals surface area contributed by atoms with Gasteiger partial charge in [-0.15, -0.1) is 0 Å². The lowest BCUT2D eigenvalue weighted by Gasteiger charge is -2.00. The van der Waals surface area contributed by atoms with E-state index in [0.717, 1.165) is 12.1 Å². The molecule has 0 spiro atoms. The zero-order valence-electron chi connectivity index (χ0n) is 11.5. The Morgan fingerprint density at radius 2 is 2.18 bits per heavy atom. The van der Waals surface area contributed by atoms with Gasteiger partial charge in [-0.05, 0) is 24.3 Å².